The highest BCUT2D eigenvalue weighted by atomic mass is 16.5. The summed E-state index contributed by atoms with van der Waals surface area (Å²) in [6, 6.07) is 4.07. The number of hydrogen-bond donors (Lipinski definition) is 1. The summed E-state index contributed by atoms with van der Waals surface area (Å²) in [7, 11) is 1.94. The molecule has 0 bridgehead atoms. The van der Waals surface area contributed by atoms with Gasteiger partial charge in [0.05, 0.1) is 18.8 Å². The Labute approximate surface area is 107 Å². The lowest BCUT2D eigenvalue weighted by Crippen LogP contribution is -2.53. The van der Waals surface area contributed by atoms with Crippen molar-refractivity contribution >= 4 is 5.91 Å². The molecule has 0 spiro atoms. The second kappa shape index (κ2) is 4.40. The van der Waals surface area contributed by atoms with Gasteiger partial charge in [0.2, 0.25) is 0 Å². The monoisotopic (exact) mass is 249 g/mol. The van der Waals surface area contributed by atoms with Crippen LogP contribution in [0.2, 0.25) is 0 Å². The van der Waals surface area contributed by atoms with E-state index in [1.54, 1.807) is 0 Å². The fourth-order valence-corrected chi connectivity index (χ4v) is 2.82. The van der Waals surface area contributed by atoms with Crippen molar-refractivity contribution in [2.24, 2.45) is 7.05 Å². The molecule has 1 aromatic heterocycles. The average Bonchev–Trinajstić information content (AvgIpc) is 2.96. The molecular formula is C13H19N3O2. The van der Waals surface area contributed by atoms with E-state index in [9.17, 15) is 4.79 Å². The van der Waals surface area contributed by atoms with Gasteiger partial charge in [-0.25, -0.2) is 0 Å². The predicted octanol–water partition coefficient (Wildman–Crippen LogP) is 0.146. The molecule has 0 aliphatic carbocycles. The van der Waals surface area contributed by atoms with Crippen molar-refractivity contribution in [2.45, 2.75) is 19.1 Å². The first-order valence-electron chi connectivity index (χ1n) is 6.44. The van der Waals surface area contributed by atoms with Crippen LogP contribution in [0.15, 0.2) is 12.1 Å². The highest BCUT2D eigenvalue weighted by Crippen LogP contribution is 2.20. The van der Waals surface area contributed by atoms with Gasteiger partial charge in [0.1, 0.15) is 5.69 Å². The zero-order chi connectivity index (χ0) is 12.7. The molecule has 5 heteroatoms. The Balaban J connectivity index is 1.85. The number of morpholine rings is 1. The van der Waals surface area contributed by atoms with Gasteiger partial charge >= 0.3 is 0 Å². The number of aromatic nitrogens is 1. The highest BCUT2D eigenvalue weighted by molar-refractivity contribution is 5.93. The number of fused-ring (bicyclic) bond motifs is 1. The molecule has 2 saturated heterocycles. The van der Waals surface area contributed by atoms with Gasteiger partial charge < -0.3 is 19.5 Å². The smallest absolute Gasteiger partial charge is 0.270 e. The van der Waals surface area contributed by atoms with E-state index >= 15 is 0 Å². The lowest BCUT2D eigenvalue weighted by molar-refractivity contribution is -0.0368. The number of carbonyl (C=O) groups excluding carboxylic acids is 1. The number of nitrogens with zero attached hydrogens (tertiary/aromatic N) is 2. The maximum absolute atomic E-state index is 12.6. The summed E-state index contributed by atoms with van der Waals surface area (Å²) in [5.74, 6) is 0.118. The molecule has 2 aliphatic rings. The lowest BCUT2D eigenvalue weighted by atomic mass is 10.1. The Kier molecular flexibility index (Phi) is 2.87. The first kappa shape index (κ1) is 11.7. The van der Waals surface area contributed by atoms with Crippen LogP contribution in [-0.4, -0.2) is 53.8 Å². The number of nitrogens with one attached hydrogen (secondary N) is 1. The molecule has 0 saturated carbocycles. The van der Waals surface area contributed by atoms with E-state index in [4.69, 9.17) is 4.74 Å². The number of carbonyl (C=O) groups is 1. The Bertz CT molecular complexity index is 469. The summed E-state index contributed by atoms with van der Waals surface area (Å²) in [6.07, 6.45) is 0.157. The molecule has 2 atom stereocenters. The fraction of sp³-hybridized carbons (Fsp3) is 0.615. The zero-order valence-corrected chi connectivity index (χ0v) is 10.8. The summed E-state index contributed by atoms with van der Waals surface area (Å²) in [5, 5.41) is 3.29. The van der Waals surface area contributed by atoms with Crippen molar-refractivity contribution in [3.63, 3.8) is 0 Å². The minimum atomic E-state index is 0.118. The van der Waals surface area contributed by atoms with E-state index in [0.717, 1.165) is 24.5 Å². The Hall–Kier alpha value is -1.33. The third-order valence-electron chi connectivity index (χ3n) is 4.05. The minimum absolute atomic E-state index is 0.118. The maximum atomic E-state index is 12.6. The molecule has 1 aromatic rings. The Morgan fingerprint density at radius 3 is 3.00 bits per heavy atom. The van der Waals surface area contributed by atoms with Gasteiger partial charge in [0.25, 0.3) is 5.91 Å². The third kappa shape index (κ3) is 1.74. The summed E-state index contributed by atoms with van der Waals surface area (Å²) < 4.78 is 7.64. The maximum Gasteiger partial charge on any atom is 0.270 e. The molecule has 98 valence electrons. The predicted molar refractivity (Wildman–Crippen MR) is 67.6 cm³/mol. The van der Waals surface area contributed by atoms with Gasteiger partial charge in [-0.1, -0.05) is 0 Å². The average molecular weight is 249 g/mol. The minimum Gasteiger partial charge on any atom is -0.373 e. The summed E-state index contributed by atoms with van der Waals surface area (Å²) >= 11 is 0. The quantitative estimate of drug-likeness (QED) is 0.770. The van der Waals surface area contributed by atoms with Crippen molar-refractivity contribution in [3.8, 4) is 0 Å². The van der Waals surface area contributed by atoms with E-state index in [1.807, 2.05) is 35.6 Å². The van der Waals surface area contributed by atoms with Crippen LogP contribution in [0.4, 0.5) is 0 Å². The first-order valence-corrected chi connectivity index (χ1v) is 6.44. The SMILES string of the molecule is Cc1ccc(C(=O)N2CCO[C@H]3CNC[C@H]32)n1C. The second-order valence-corrected chi connectivity index (χ2v) is 5.05. The largest absolute Gasteiger partial charge is 0.373 e. The van der Waals surface area contributed by atoms with Crippen LogP contribution >= 0.6 is 0 Å². The molecule has 1 N–H and O–H groups in total. The number of hydrogen-bond acceptors (Lipinski definition) is 3. The number of amides is 1. The van der Waals surface area contributed by atoms with E-state index in [2.05, 4.69) is 5.32 Å². The molecule has 3 rings (SSSR count). The Morgan fingerprint density at radius 2 is 2.28 bits per heavy atom. The zero-order valence-electron chi connectivity index (χ0n) is 10.8. The van der Waals surface area contributed by atoms with Crippen LogP contribution in [0.1, 0.15) is 16.2 Å². The van der Waals surface area contributed by atoms with E-state index in [-0.39, 0.29) is 18.1 Å². The molecule has 18 heavy (non-hydrogen) atoms. The molecule has 0 radical (unpaired) electrons. The normalized spacial score (nSPS) is 27.3. The van der Waals surface area contributed by atoms with Crippen molar-refractivity contribution in [3.05, 3.63) is 23.5 Å². The van der Waals surface area contributed by atoms with Crippen molar-refractivity contribution in [1.82, 2.24) is 14.8 Å². The van der Waals surface area contributed by atoms with E-state index in [0.29, 0.717) is 13.2 Å². The van der Waals surface area contributed by atoms with Crippen LogP contribution in [0.3, 0.4) is 0 Å². The van der Waals surface area contributed by atoms with E-state index in [1.165, 1.54) is 0 Å². The summed E-state index contributed by atoms with van der Waals surface area (Å²) in [4.78, 5) is 14.6. The molecular weight excluding hydrogens is 230 g/mol. The van der Waals surface area contributed by atoms with Crippen molar-refractivity contribution in [1.29, 1.82) is 0 Å². The number of aryl methyl sites for hydroxylation is 1. The molecule has 0 unspecified atom stereocenters. The van der Waals surface area contributed by atoms with Gasteiger partial charge in [-0.15, -0.1) is 0 Å². The molecule has 0 aromatic carbocycles. The molecule has 3 heterocycles. The molecule has 2 aliphatic heterocycles. The summed E-state index contributed by atoms with van der Waals surface area (Å²) in [6.45, 7) is 5.01. The van der Waals surface area contributed by atoms with Gasteiger partial charge in [0.15, 0.2) is 0 Å². The third-order valence-corrected chi connectivity index (χ3v) is 4.05. The van der Waals surface area contributed by atoms with Crippen LogP contribution in [0.25, 0.3) is 0 Å². The van der Waals surface area contributed by atoms with Gasteiger partial charge in [-0.3, -0.25) is 4.79 Å². The second-order valence-electron chi connectivity index (χ2n) is 5.05. The molecule has 5 nitrogen and oxygen atoms in total. The first-order chi connectivity index (χ1) is 8.68. The van der Waals surface area contributed by atoms with Gasteiger partial charge in [-0.05, 0) is 19.1 Å². The van der Waals surface area contributed by atoms with Crippen LogP contribution in [0, 0.1) is 6.92 Å². The number of ether oxygens (including phenoxy) is 1. The highest BCUT2D eigenvalue weighted by Gasteiger charge is 2.39. The van der Waals surface area contributed by atoms with Crippen molar-refractivity contribution in [2.75, 3.05) is 26.2 Å². The van der Waals surface area contributed by atoms with Crippen LogP contribution in [-0.2, 0) is 11.8 Å². The lowest BCUT2D eigenvalue weighted by Gasteiger charge is -2.37. The molecule has 1 amide bonds. The van der Waals surface area contributed by atoms with E-state index < -0.39 is 0 Å². The van der Waals surface area contributed by atoms with Gasteiger partial charge in [-0.2, -0.15) is 0 Å². The standard InChI is InChI=1S/C13H19N3O2/c1-9-3-4-10(15(9)2)13(17)16-5-6-18-12-8-14-7-11(12)16/h3-4,11-12,14H,5-8H2,1-2H3/t11-,12+/m1/s1. The Morgan fingerprint density at radius 1 is 1.44 bits per heavy atom. The van der Waals surface area contributed by atoms with Gasteiger partial charge in [0, 0.05) is 32.4 Å². The van der Waals surface area contributed by atoms with Crippen LogP contribution in [0.5, 0.6) is 0 Å². The van der Waals surface area contributed by atoms with Crippen LogP contribution < -0.4 is 5.32 Å². The van der Waals surface area contributed by atoms with Crippen molar-refractivity contribution < 1.29 is 9.53 Å². The fourth-order valence-electron chi connectivity index (χ4n) is 2.82. The molecule has 2 fully saturated rings. The summed E-state index contributed by atoms with van der Waals surface area (Å²) in [5.41, 5.74) is 1.87. The number of rotatable bonds is 1. The topological polar surface area (TPSA) is 46.5 Å².